The minimum atomic E-state index is -0.633. The zero-order valence-electron chi connectivity index (χ0n) is 11.6. The Morgan fingerprint density at radius 3 is 2.58 bits per heavy atom. The Morgan fingerprint density at radius 1 is 1.21 bits per heavy atom. The predicted molar refractivity (Wildman–Crippen MR) is 75.9 cm³/mol. The van der Waals surface area contributed by atoms with Crippen molar-refractivity contribution >= 4 is 5.97 Å². The van der Waals surface area contributed by atoms with Gasteiger partial charge in [0.2, 0.25) is 0 Å². The molecular weight excluding hydrogens is 238 g/mol. The number of nitrogens with zero attached hydrogens (tertiary/aromatic N) is 1. The highest BCUT2D eigenvalue weighted by molar-refractivity contribution is 5.70. The molecule has 1 aliphatic carbocycles. The number of aliphatic carboxylic acids is 1. The number of rotatable bonds is 4. The lowest BCUT2D eigenvalue weighted by Gasteiger charge is -2.31. The molecule has 2 rings (SSSR count). The van der Waals surface area contributed by atoms with E-state index in [1.54, 1.807) is 0 Å². The molecule has 0 amide bonds. The fourth-order valence-electron chi connectivity index (χ4n) is 3.09. The summed E-state index contributed by atoms with van der Waals surface area (Å²) in [4.78, 5) is 13.7. The Hall–Kier alpha value is -1.35. The van der Waals surface area contributed by atoms with Gasteiger partial charge in [-0.1, -0.05) is 49.6 Å². The summed E-state index contributed by atoms with van der Waals surface area (Å²) in [6, 6.07) is 10.4. The maximum atomic E-state index is 11.4. The first-order valence-electron chi connectivity index (χ1n) is 7.15. The zero-order chi connectivity index (χ0) is 13.7. The van der Waals surface area contributed by atoms with Crippen LogP contribution in [0, 0.1) is 5.92 Å². The van der Waals surface area contributed by atoms with Gasteiger partial charge in [0.15, 0.2) is 0 Å². The first kappa shape index (κ1) is 14.1. The minimum Gasteiger partial charge on any atom is -0.481 e. The Balaban J connectivity index is 2.06. The molecule has 1 aromatic carbocycles. The molecule has 2 atom stereocenters. The summed E-state index contributed by atoms with van der Waals surface area (Å²) < 4.78 is 0. The fraction of sp³-hybridized carbons (Fsp3) is 0.562. The molecule has 1 aliphatic rings. The van der Waals surface area contributed by atoms with Gasteiger partial charge in [0, 0.05) is 12.6 Å². The van der Waals surface area contributed by atoms with Crippen LogP contribution < -0.4 is 0 Å². The van der Waals surface area contributed by atoms with Crippen molar-refractivity contribution in [2.45, 2.75) is 44.7 Å². The molecule has 3 nitrogen and oxygen atoms in total. The van der Waals surface area contributed by atoms with Crippen LogP contribution in [-0.2, 0) is 11.3 Å². The molecule has 0 heterocycles. The van der Waals surface area contributed by atoms with Gasteiger partial charge in [0.05, 0.1) is 5.92 Å². The Bertz CT molecular complexity index is 404. The van der Waals surface area contributed by atoms with Crippen molar-refractivity contribution in [3.8, 4) is 0 Å². The largest absolute Gasteiger partial charge is 0.481 e. The van der Waals surface area contributed by atoms with Crippen molar-refractivity contribution in [1.29, 1.82) is 0 Å². The van der Waals surface area contributed by atoms with Gasteiger partial charge in [-0.2, -0.15) is 0 Å². The highest BCUT2D eigenvalue weighted by Gasteiger charge is 2.31. The molecule has 2 unspecified atom stereocenters. The lowest BCUT2D eigenvalue weighted by molar-refractivity contribution is -0.144. The number of carbonyl (C=O) groups is 1. The van der Waals surface area contributed by atoms with Gasteiger partial charge in [0.1, 0.15) is 0 Å². The second kappa shape index (κ2) is 6.71. The second-order valence-corrected chi connectivity index (χ2v) is 5.55. The van der Waals surface area contributed by atoms with Crippen molar-refractivity contribution in [3.63, 3.8) is 0 Å². The number of hydrogen-bond acceptors (Lipinski definition) is 2. The number of carboxylic acid groups (broad SMARTS) is 1. The standard InChI is InChI=1S/C16H23NO2/c1-17(12-13-8-4-2-5-9-13)15-11-7-3-6-10-14(15)16(18)19/h2,4-5,8-9,14-15H,3,6-7,10-12H2,1H3,(H,18,19). The maximum absolute atomic E-state index is 11.4. The van der Waals surface area contributed by atoms with Crippen molar-refractivity contribution < 1.29 is 9.90 Å². The van der Waals surface area contributed by atoms with Crippen molar-refractivity contribution in [1.82, 2.24) is 4.90 Å². The second-order valence-electron chi connectivity index (χ2n) is 5.55. The average Bonchev–Trinajstić information content (AvgIpc) is 2.65. The number of hydrogen-bond donors (Lipinski definition) is 1. The van der Waals surface area contributed by atoms with Crippen LogP contribution in [0.3, 0.4) is 0 Å². The Morgan fingerprint density at radius 2 is 1.89 bits per heavy atom. The molecular formula is C16H23NO2. The van der Waals surface area contributed by atoms with Gasteiger partial charge in [0.25, 0.3) is 0 Å². The molecule has 0 saturated heterocycles. The topological polar surface area (TPSA) is 40.5 Å². The van der Waals surface area contributed by atoms with E-state index in [1.807, 2.05) is 18.2 Å². The molecule has 0 aromatic heterocycles. The van der Waals surface area contributed by atoms with Gasteiger partial charge in [-0.05, 0) is 25.5 Å². The first-order valence-corrected chi connectivity index (χ1v) is 7.15. The third-order valence-corrected chi connectivity index (χ3v) is 4.14. The lowest BCUT2D eigenvalue weighted by atomic mass is 9.93. The molecule has 1 aromatic rings. The molecule has 1 saturated carbocycles. The molecule has 19 heavy (non-hydrogen) atoms. The monoisotopic (exact) mass is 261 g/mol. The van der Waals surface area contributed by atoms with Crippen molar-refractivity contribution in [2.24, 2.45) is 5.92 Å². The van der Waals surface area contributed by atoms with Crippen LogP contribution in [0.4, 0.5) is 0 Å². The van der Waals surface area contributed by atoms with E-state index in [-0.39, 0.29) is 12.0 Å². The van der Waals surface area contributed by atoms with Gasteiger partial charge in [-0.3, -0.25) is 9.69 Å². The van der Waals surface area contributed by atoms with Crippen LogP contribution in [-0.4, -0.2) is 29.1 Å². The van der Waals surface area contributed by atoms with E-state index >= 15 is 0 Å². The normalized spacial score (nSPS) is 24.1. The summed E-state index contributed by atoms with van der Waals surface area (Å²) >= 11 is 0. The van der Waals surface area contributed by atoms with E-state index in [9.17, 15) is 9.90 Å². The molecule has 1 fully saturated rings. The van der Waals surface area contributed by atoms with Gasteiger partial charge in [-0.15, -0.1) is 0 Å². The van der Waals surface area contributed by atoms with Crippen LogP contribution in [0.5, 0.6) is 0 Å². The highest BCUT2D eigenvalue weighted by atomic mass is 16.4. The number of carboxylic acids is 1. The van der Waals surface area contributed by atoms with E-state index in [2.05, 4.69) is 24.1 Å². The van der Waals surface area contributed by atoms with Crippen molar-refractivity contribution in [2.75, 3.05) is 7.05 Å². The average molecular weight is 261 g/mol. The quantitative estimate of drug-likeness (QED) is 0.846. The molecule has 0 aliphatic heterocycles. The molecule has 1 N–H and O–H groups in total. The number of benzene rings is 1. The summed E-state index contributed by atoms with van der Waals surface area (Å²) in [5.74, 6) is -0.844. The summed E-state index contributed by atoms with van der Waals surface area (Å²) in [6.45, 7) is 0.829. The fourth-order valence-corrected chi connectivity index (χ4v) is 3.09. The molecule has 3 heteroatoms. The summed E-state index contributed by atoms with van der Waals surface area (Å²) in [7, 11) is 2.05. The van der Waals surface area contributed by atoms with Gasteiger partial charge < -0.3 is 5.11 Å². The molecule has 0 spiro atoms. The highest BCUT2D eigenvalue weighted by Crippen LogP contribution is 2.28. The van der Waals surface area contributed by atoms with Gasteiger partial charge >= 0.3 is 5.97 Å². The van der Waals surface area contributed by atoms with E-state index in [0.717, 1.165) is 32.2 Å². The summed E-state index contributed by atoms with van der Waals surface area (Å²) in [6.07, 6.45) is 5.18. The maximum Gasteiger partial charge on any atom is 0.308 e. The third-order valence-electron chi connectivity index (χ3n) is 4.14. The lowest BCUT2D eigenvalue weighted by Crippen LogP contribution is -2.40. The van der Waals surface area contributed by atoms with E-state index in [1.165, 1.54) is 12.0 Å². The zero-order valence-corrected chi connectivity index (χ0v) is 11.6. The van der Waals surface area contributed by atoms with Crippen LogP contribution in [0.25, 0.3) is 0 Å². The van der Waals surface area contributed by atoms with Crippen LogP contribution in [0.2, 0.25) is 0 Å². The summed E-state index contributed by atoms with van der Waals surface area (Å²) in [5.41, 5.74) is 1.25. The van der Waals surface area contributed by atoms with Gasteiger partial charge in [-0.25, -0.2) is 0 Å². The SMILES string of the molecule is CN(Cc1ccccc1)C1CCCCCC1C(=O)O. The Labute approximate surface area is 115 Å². The van der Waals surface area contributed by atoms with E-state index < -0.39 is 5.97 Å². The molecule has 0 radical (unpaired) electrons. The smallest absolute Gasteiger partial charge is 0.308 e. The molecule has 0 bridgehead atoms. The van der Waals surface area contributed by atoms with Crippen LogP contribution >= 0.6 is 0 Å². The van der Waals surface area contributed by atoms with Crippen LogP contribution in [0.15, 0.2) is 30.3 Å². The van der Waals surface area contributed by atoms with Crippen LogP contribution in [0.1, 0.15) is 37.7 Å². The molecule has 104 valence electrons. The summed E-state index contributed by atoms with van der Waals surface area (Å²) in [5, 5.41) is 9.42. The predicted octanol–water partition coefficient (Wildman–Crippen LogP) is 3.15. The Kier molecular flexibility index (Phi) is 4.97. The minimum absolute atomic E-state index is 0.167. The van der Waals surface area contributed by atoms with E-state index in [0.29, 0.717) is 0 Å². The third kappa shape index (κ3) is 3.80. The first-order chi connectivity index (χ1) is 9.18. The van der Waals surface area contributed by atoms with Crippen molar-refractivity contribution in [3.05, 3.63) is 35.9 Å². The van der Waals surface area contributed by atoms with E-state index in [4.69, 9.17) is 0 Å².